The molecule has 7 heteroatoms. The van der Waals surface area contributed by atoms with Crippen LogP contribution in [0.3, 0.4) is 0 Å². The maximum atomic E-state index is 12.4. The molecule has 1 aromatic heterocycles. The molecule has 120 valence electrons. The molecule has 0 spiro atoms. The summed E-state index contributed by atoms with van der Waals surface area (Å²) in [4.78, 5) is 14.4. The number of aryl methyl sites for hydroxylation is 1. The lowest BCUT2D eigenvalue weighted by Gasteiger charge is -2.24. The fraction of sp³-hybridized carbons (Fsp3) is 0.312. The van der Waals surface area contributed by atoms with Gasteiger partial charge in [-0.1, -0.05) is 35.5 Å². The summed E-state index contributed by atoms with van der Waals surface area (Å²) in [5, 5.41) is 16.2. The summed E-state index contributed by atoms with van der Waals surface area (Å²) in [5.41, 5.74) is 1.64. The second-order valence-electron chi connectivity index (χ2n) is 5.35. The predicted molar refractivity (Wildman–Crippen MR) is 86.5 cm³/mol. The molecule has 0 atom stereocenters. The van der Waals surface area contributed by atoms with E-state index in [4.69, 9.17) is 9.94 Å². The van der Waals surface area contributed by atoms with E-state index in [0.29, 0.717) is 24.7 Å². The smallest absolute Gasteiger partial charge is 0.277 e. The lowest BCUT2D eigenvalue weighted by molar-refractivity contribution is 0.302. The molecule has 3 rings (SSSR count). The molecule has 7 nitrogen and oxygen atoms in total. The maximum absolute atomic E-state index is 12.4. The first-order valence-corrected chi connectivity index (χ1v) is 7.41. The van der Waals surface area contributed by atoms with E-state index < -0.39 is 0 Å². The molecule has 2 aromatic rings. The molecule has 2 heterocycles. The third-order valence-corrected chi connectivity index (χ3v) is 3.75. The van der Waals surface area contributed by atoms with E-state index in [2.05, 4.69) is 10.3 Å². The minimum Gasteiger partial charge on any atom is -0.475 e. The predicted octanol–water partition coefficient (Wildman–Crippen LogP) is 1.38. The Morgan fingerprint density at radius 1 is 1.39 bits per heavy atom. The number of ether oxygens (including phenoxy) is 1. The van der Waals surface area contributed by atoms with Gasteiger partial charge in [-0.25, -0.2) is 4.68 Å². The Morgan fingerprint density at radius 3 is 2.91 bits per heavy atom. The summed E-state index contributed by atoms with van der Waals surface area (Å²) in [6, 6.07) is 9.97. The van der Waals surface area contributed by atoms with Gasteiger partial charge in [0, 0.05) is 20.1 Å². The highest BCUT2D eigenvalue weighted by atomic mass is 16.5. The summed E-state index contributed by atoms with van der Waals surface area (Å²) >= 11 is 0. The summed E-state index contributed by atoms with van der Waals surface area (Å²) in [6.45, 7) is 1.88. The lowest BCUT2D eigenvalue weighted by Crippen LogP contribution is -2.31. The number of hydrogen-bond donors (Lipinski definition) is 1. The van der Waals surface area contributed by atoms with Crippen molar-refractivity contribution in [3.63, 3.8) is 0 Å². The van der Waals surface area contributed by atoms with Crippen LogP contribution in [0.15, 0.2) is 40.3 Å². The van der Waals surface area contributed by atoms with E-state index in [1.54, 1.807) is 7.05 Å². The molecule has 0 aliphatic carbocycles. The molecule has 0 saturated carbocycles. The van der Waals surface area contributed by atoms with Gasteiger partial charge in [0.15, 0.2) is 0 Å². The van der Waals surface area contributed by atoms with Crippen LogP contribution in [-0.2, 0) is 13.6 Å². The van der Waals surface area contributed by atoms with Gasteiger partial charge < -0.3 is 14.8 Å². The Hall–Kier alpha value is -2.83. The van der Waals surface area contributed by atoms with Crippen LogP contribution in [0.2, 0.25) is 0 Å². The molecule has 1 aliphatic heterocycles. The van der Waals surface area contributed by atoms with Gasteiger partial charge in [-0.05, 0) is 12.0 Å². The Morgan fingerprint density at radius 2 is 2.17 bits per heavy atom. The number of hydrogen-bond acceptors (Lipinski definition) is 6. The molecule has 0 amide bonds. The first-order chi connectivity index (χ1) is 11.2. The number of rotatable bonds is 3. The van der Waals surface area contributed by atoms with E-state index >= 15 is 0 Å². The second kappa shape index (κ2) is 6.51. The fourth-order valence-electron chi connectivity index (χ4n) is 2.69. The van der Waals surface area contributed by atoms with Gasteiger partial charge in [-0.2, -0.15) is 0 Å². The number of aromatic nitrogens is 2. The quantitative estimate of drug-likeness (QED) is 0.526. The summed E-state index contributed by atoms with van der Waals surface area (Å²) in [5.74, 6) is 0.385. The third-order valence-electron chi connectivity index (χ3n) is 3.75. The van der Waals surface area contributed by atoms with Crippen molar-refractivity contribution >= 4 is 11.9 Å². The number of nitrogens with zero attached hydrogens (tertiary/aromatic N) is 4. The Kier molecular flexibility index (Phi) is 4.27. The molecule has 1 aliphatic rings. The van der Waals surface area contributed by atoms with Crippen molar-refractivity contribution in [1.29, 1.82) is 0 Å². The molecule has 23 heavy (non-hydrogen) atoms. The molecule has 1 aromatic carbocycles. The van der Waals surface area contributed by atoms with Crippen molar-refractivity contribution in [3.05, 3.63) is 51.8 Å². The van der Waals surface area contributed by atoms with E-state index in [9.17, 15) is 4.79 Å². The minimum absolute atomic E-state index is 0.276. The van der Waals surface area contributed by atoms with E-state index in [1.807, 2.05) is 35.2 Å². The zero-order valence-electron chi connectivity index (χ0n) is 12.8. The zero-order valence-corrected chi connectivity index (χ0v) is 12.8. The van der Waals surface area contributed by atoms with Crippen molar-refractivity contribution in [1.82, 2.24) is 9.78 Å². The van der Waals surface area contributed by atoms with Crippen LogP contribution < -0.4 is 15.2 Å². The normalized spacial score (nSPS) is 14.4. The Labute approximate surface area is 133 Å². The van der Waals surface area contributed by atoms with Gasteiger partial charge in [0.2, 0.25) is 0 Å². The van der Waals surface area contributed by atoms with Gasteiger partial charge in [0.1, 0.15) is 5.69 Å². The average molecular weight is 314 g/mol. The zero-order chi connectivity index (χ0) is 16.2. The van der Waals surface area contributed by atoms with Crippen LogP contribution in [0.5, 0.6) is 5.88 Å². The first-order valence-electron chi connectivity index (χ1n) is 7.41. The van der Waals surface area contributed by atoms with Crippen molar-refractivity contribution in [2.75, 3.05) is 18.1 Å². The van der Waals surface area contributed by atoms with Crippen molar-refractivity contribution in [3.8, 4) is 5.88 Å². The summed E-state index contributed by atoms with van der Waals surface area (Å²) in [6.07, 6.45) is 1.96. The summed E-state index contributed by atoms with van der Waals surface area (Å²) in [7, 11) is 1.55. The third kappa shape index (κ3) is 3.03. The minimum atomic E-state index is -0.329. The fourth-order valence-corrected chi connectivity index (χ4v) is 2.69. The van der Waals surface area contributed by atoms with Gasteiger partial charge in [0.25, 0.3) is 11.4 Å². The van der Waals surface area contributed by atoms with Crippen molar-refractivity contribution in [2.24, 2.45) is 12.2 Å². The molecule has 0 fully saturated rings. The number of anilines is 1. The van der Waals surface area contributed by atoms with Gasteiger partial charge in [-0.15, -0.1) is 5.10 Å². The van der Waals surface area contributed by atoms with E-state index in [-0.39, 0.29) is 11.1 Å². The van der Waals surface area contributed by atoms with Crippen molar-refractivity contribution in [2.45, 2.75) is 13.0 Å². The van der Waals surface area contributed by atoms with Crippen LogP contribution in [0.4, 0.5) is 5.69 Å². The Balaban J connectivity index is 2.11. The summed E-state index contributed by atoms with van der Waals surface area (Å²) < 4.78 is 6.88. The lowest BCUT2D eigenvalue weighted by atomic mass is 10.1. The maximum Gasteiger partial charge on any atom is 0.277 e. The van der Waals surface area contributed by atoms with E-state index in [1.165, 1.54) is 4.68 Å². The molecule has 0 radical (unpaired) electrons. The highest BCUT2D eigenvalue weighted by Gasteiger charge is 2.24. The molecule has 1 N–H and O–H groups in total. The molecule has 0 unspecified atom stereocenters. The van der Waals surface area contributed by atoms with E-state index in [0.717, 1.165) is 24.7 Å². The number of fused-ring (bicyclic) bond motifs is 1. The highest BCUT2D eigenvalue weighted by molar-refractivity contribution is 5.89. The molecular formula is C16H18N4O3. The molecular weight excluding hydrogens is 296 g/mol. The van der Waals surface area contributed by atoms with Crippen LogP contribution in [0.1, 0.15) is 17.5 Å². The van der Waals surface area contributed by atoms with Gasteiger partial charge >= 0.3 is 0 Å². The standard InChI is InChI=1S/C16H18N4O3/c1-19-16(21)13(10-17-22)14-15(18-19)23-9-5-8-20(14)11-12-6-3-2-4-7-12/h2-4,6-7,10,22H,5,8-9,11H2,1H3/b17-10+. The van der Waals surface area contributed by atoms with Crippen LogP contribution >= 0.6 is 0 Å². The number of oxime groups is 1. The van der Waals surface area contributed by atoms with Gasteiger partial charge in [-0.3, -0.25) is 4.79 Å². The Bertz CT molecular complexity index is 771. The molecule has 0 saturated heterocycles. The SMILES string of the molecule is Cn1nc2c(c(/C=N/O)c1=O)N(Cc1ccccc1)CCCO2. The van der Waals surface area contributed by atoms with Crippen LogP contribution in [0.25, 0.3) is 0 Å². The monoisotopic (exact) mass is 314 g/mol. The first kappa shape index (κ1) is 15.1. The second-order valence-corrected chi connectivity index (χ2v) is 5.35. The van der Waals surface area contributed by atoms with Gasteiger partial charge in [0.05, 0.1) is 18.4 Å². The van der Waals surface area contributed by atoms with Crippen LogP contribution in [0, 0.1) is 0 Å². The highest BCUT2D eigenvalue weighted by Crippen LogP contribution is 2.31. The van der Waals surface area contributed by atoms with Crippen molar-refractivity contribution < 1.29 is 9.94 Å². The topological polar surface area (TPSA) is 79.9 Å². The molecule has 0 bridgehead atoms. The largest absolute Gasteiger partial charge is 0.475 e. The van der Waals surface area contributed by atoms with Crippen LogP contribution in [-0.4, -0.2) is 34.4 Å². The average Bonchev–Trinajstić information content (AvgIpc) is 2.75. The number of benzene rings is 1.